The molecule has 1 aliphatic heterocycles. The van der Waals surface area contributed by atoms with E-state index in [0.29, 0.717) is 11.7 Å². The van der Waals surface area contributed by atoms with Crippen LogP contribution in [-0.4, -0.2) is 35.0 Å². The predicted octanol–water partition coefficient (Wildman–Crippen LogP) is 2.96. The highest BCUT2D eigenvalue weighted by Crippen LogP contribution is 2.23. The number of carbonyl (C=O) groups excluding carboxylic acids is 1. The van der Waals surface area contributed by atoms with Crippen LogP contribution in [0.2, 0.25) is 0 Å². The summed E-state index contributed by atoms with van der Waals surface area (Å²) in [6.45, 7) is 0.793. The smallest absolute Gasteiger partial charge is 0.224 e. The molecule has 1 atom stereocenters. The Hall–Kier alpha value is -0.130. The second kappa shape index (κ2) is 7.46. The van der Waals surface area contributed by atoms with Gasteiger partial charge in [0.2, 0.25) is 5.91 Å². The third-order valence-electron chi connectivity index (χ3n) is 2.72. The molecule has 1 amide bonds. The van der Waals surface area contributed by atoms with E-state index in [4.69, 9.17) is 0 Å². The summed E-state index contributed by atoms with van der Waals surface area (Å²) in [6.07, 6.45) is 0.450. The minimum absolute atomic E-state index is 0.109. The van der Waals surface area contributed by atoms with Crippen molar-refractivity contribution in [3.63, 3.8) is 0 Å². The van der Waals surface area contributed by atoms with Gasteiger partial charge in [-0.05, 0) is 11.6 Å². The quantitative estimate of drug-likeness (QED) is 0.909. The topological polar surface area (TPSA) is 29.1 Å². The van der Waals surface area contributed by atoms with Gasteiger partial charge < -0.3 is 5.32 Å². The summed E-state index contributed by atoms with van der Waals surface area (Å²) in [5.74, 6) is 3.71. The van der Waals surface area contributed by atoms with Crippen LogP contribution in [0.15, 0.2) is 28.7 Å². The molecule has 1 saturated heterocycles. The van der Waals surface area contributed by atoms with Crippen LogP contribution in [-0.2, 0) is 11.2 Å². The van der Waals surface area contributed by atoms with Gasteiger partial charge in [-0.3, -0.25) is 4.79 Å². The van der Waals surface area contributed by atoms with Gasteiger partial charge in [0.05, 0.1) is 6.42 Å². The third-order valence-corrected chi connectivity index (χ3v) is 6.34. The van der Waals surface area contributed by atoms with E-state index >= 15 is 0 Å². The zero-order chi connectivity index (χ0) is 12.8. The van der Waals surface area contributed by atoms with Crippen LogP contribution in [0.5, 0.6) is 0 Å². The van der Waals surface area contributed by atoms with Crippen molar-refractivity contribution in [3.05, 3.63) is 34.3 Å². The number of thioether (sulfide) groups is 2. The number of nitrogens with one attached hydrogen (secondary N) is 1. The van der Waals surface area contributed by atoms with E-state index < -0.39 is 0 Å². The highest BCUT2D eigenvalue weighted by molar-refractivity contribution is 9.10. The Morgan fingerprint density at radius 1 is 1.39 bits per heavy atom. The fraction of sp³-hybridized carbons (Fsp3) is 0.462. The number of amides is 1. The van der Waals surface area contributed by atoms with E-state index in [1.165, 1.54) is 11.5 Å². The van der Waals surface area contributed by atoms with Gasteiger partial charge in [-0.2, -0.15) is 23.5 Å². The third kappa shape index (κ3) is 4.52. The van der Waals surface area contributed by atoms with Gasteiger partial charge in [0.25, 0.3) is 0 Å². The van der Waals surface area contributed by atoms with Crippen LogP contribution in [0.4, 0.5) is 0 Å². The molecule has 0 saturated carbocycles. The first kappa shape index (κ1) is 14.3. The van der Waals surface area contributed by atoms with Gasteiger partial charge in [-0.25, -0.2) is 0 Å². The molecule has 18 heavy (non-hydrogen) atoms. The highest BCUT2D eigenvalue weighted by Gasteiger charge is 2.15. The Morgan fingerprint density at radius 3 is 2.94 bits per heavy atom. The van der Waals surface area contributed by atoms with Crippen LogP contribution in [0, 0.1) is 0 Å². The maximum absolute atomic E-state index is 11.9. The number of rotatable bonds is 4. The Bertz CT molecular complexity index is 408. The summed E-state index contributed by atoms with van der Waals surface area (Å²) in [7, 11) is 0. The molecule has 98 valence electrons. The van der Waals surface area contributed by atoms with Gasteiger partial charge in [0.1, 0.15) is 0 Å². The molecule has 1 heterocycles. The van der Waals surface area contributed by atoms with Crippen molar-refractivity contribution in [2.24, 2.45) is 0 Å². The lowest BCUT2D eigenvalue weighted by molar-refractivity contribution is -0.120. The predicted molar refractivity (Wildman–Crippen MR) is 84.4 cm³/mol. The van der Waals surface area contributed by atoms with E-state index in [1.807, 2.05) is 47.8 Å². The molecule has 5 heteroatoms. The molecule has 1 N–H and O–H groups in total. The van der Waals surface area contributed by atoms with Crippen molar-refractivity contribution in [3.8, 4) is 0 Å². The SMILES string of the molecule is O=C(Cc1ccccc1Br)NC[C@@H]1CSCCS1. The molecule has 2 nitrogen and oxygen atoms in total. The van der Waals surface area contributed by atoms with Crippen molar-refractivity contribution in [1.29, 1.82) is 0 Å². The summed E-state index contributed by atoms with van der Waals surface area (Å²) < 4.78 is 1.00. The maximum atomic E-state index is 11.9. The molecule has 1 aromatic carbocycles. The van der Waals surface area contributed by atoms with Crippen molar-refractivity contribution in [2.75, 3.05) is 23.8 Å². The molecule has 0 bridgehead atoms. The normalized spacial score (nSPS) is 19.5. The van der Waals surface area contributed by atoms with E-state index in [9.17, 15) is 4.79 Å². The highest BCUT2D eigenvalue weighted by atomic mass is 79.9. The molecule has 2 rings (SSSR count). The summed E-state index contributed by atoms with van der Waals surface area (Å²) in [5.41, 5.74) is 1.04. The zero-order valence-corrected chi connectivity index (χ0v) is 13.2. The van der Waals surface area contributed by atoms with Crippen molar-refractivity contribution in [2.45, 2.75) is 11.7 Å². The lowest BCUT2D eigenvalue weighted by atomic mass is 10.1. The molecule has 0 radical (unpaired) electrons. The summed E-state index contributed by atoms with van der Waals surface area (Å²) in [5, 5.41) is 3.61. The molecule has 1 aliphatic rings. The second-order valence-corrected chi connectivity index (χ2v) is 7.55. The van der Waals surface area contributed by atoms with Crippen LogP contribution < -0.4 is 5.32 Å². The van der Waals surface area contributed by atoms with Crippen LogP contribution in [0.1, 0.15) is 5.56 Å². The molecule has 0 aromatic heterocycles. The first-order chi connectivity index (χ1) is 8.75. The van der Waals surface area contributed by atoms with Gasteiger partial charge in [-0.15, -0.1) is 0 Å². The summed E-state index contributed by atoms with van der Waals surface area (Å²) in [4.78, 5) is 11.9. The van der Waals surface area contributed by atoms with Gasteiger partial charge >= 0.3 is 0 Å². The first-order valence-corrected chi connectivity index (χ1v) is 8.95. The number of halogens is 1. The van der Waals surface area contributed by atoms with Gasteiger partial charge in [0, 0.05) is 33.5 Å². The second-order valence-electron chi connectivity index (χ2n) is 4.14. The molecule has 0 unspecified atom stereocenters. The van der Waals surface area contributed by atoms with Gasteiger partial charge in [0.15, 0.2) is 0 Å². The number of carbonyl (C=O) groups is 1. The number of benzene rings is 1. The molecule has 0 spiro atoms. The standard InChI is InChI=1S/C13H16BrNOS2/c14-12-4-2-1-3-10(12)7-13(16)15-8-11-9-17-5-6-18-11/h1-4,11H,5-9H2,(H,15,16)/t11-/m1/s1. The van der Waals surface area contributed by atoms with E-state index in [-0.39, 0.29) is 5.91 Å². The Balaban J connectivity index is 1.76. The van der Waals surface area contributed by atoms with E-state index in [1.54, 1.807) is 0 Å². The largest absolute Gasteiger partial charge is 0.355 e. The van der Waals surface area contributed by atoms with Crippen LogP contribution >= 0.6 is 39.5 Å². The minimum atomic E-state index is 0.109. The van der Waals surface area contributed by atoms with E-state index in [2.05, 4.69) is 21.2 Å². The lowest BCUT2D eigenvalue weighted by Crippen LogP contribution is -2.34. The number of hydrogen-bond acceptors (Lipinski definition) is 3. The van der Waals surface area contributed by atoms with Crippen LogP contribution in [0.3, 0.4) is 0 Å². The molecular weight excluding hydrogens is 330 g/mol. The summed E-state index contributed by atoms with van der Waals surface area (Å²) >= 11 is 7.42. The average molecular weight is 346 g/mol. The zero-order valence-electron chi connectivity index (χ0n) is 10.0. The van der Waals surface area contributed by atoms with Crippen molar-refractivity contribution < 1.29 is 4.79 Å². The van der Waals surface area contributed by atoms with Gasteiger partial charge in [-0.1, -0.05) is 34.1 Å². The van der Waals surface area contributed by atoms with Crippen molar-refractivity contribution in [1.82, 2.24) is 5.32 Å². The number of hydrogen-bond donors (Lipinski definition) is 1. The molecule has 1 aromatic rings. The Kier molecular flexibility index (Phi) is 5.92. The molecule has 1 fully saturated rings. The van der Waals surface area contributed by atoms with E-state index in [0.717, 1.165) is 22.3 Å². The fourth-order valence-electron chi connectivity index (χ4n) is 1.76. The van der Waals surface area contributed by atoms with Crippen LogP contribution in [0.25, 0.3) is 0 Å². The molecule has 0 aliphatic carbocycles. The van der Waals surface area contributed by atoms with Crippen molar-refractivity contribution >= 4 is 45.4 Å². The summed E-state index contributed by atoms with van der Waals surface area (Å²) in [6, 6.07) is 7.87. The maximum Gasteiger partial charge on any atom is 0.224 e. The Labute approximate surface area is 125 Å². The Morgan fingerprint density at radius 2 is 2.22 bits per heavy atom. The average Bonchev–Trinajstić information content (AvgIpc) is 2.40. The first-order valence-electron chi connectivity index (χ1n) is 5.95. The monoisotopic (exact) mass is 345 g/mol. The lowest BCUT2D eigenvalue weighted by Gasteiger charge is -2.21. The molecular formula is C13H16BrNOS2. The minimum Gasteiger partial charge on any atom is -0.355 e. The fourth-order valence-corrected chi connectivity index (χ4v) is 4.80.